The molecule has 8 nitrogen and oxygen atoms in total. The molecule has 32 heavy (non-hydrogen) atoms. The van der Waals surface area contributed by atoms with Crippen molar-refractivity contribution in [1.82, 2.24) is 9.80 Å². The Bertz CT molecular complexity index is 961. The number of ether oxygens (including phenoxy) is 4. The van der Waals surface area contributed by atoms with Crippen LogP contribution < -0.4 is 14.2 Å². The van der Waals surface area contributed by atoms with Crippen molar-refractivity contribution in [3.05, 3.63) is 53.6 Å². The molecular weight excluding hydrogens is 412 g/mol. The minimum Gasteiger partial charge on any atom is -0.497 e. The van der Waals surface area contributed by atoms with Crippen LogP contribution in [0.4, 0.5) is 0 Å². The Balaban J connectivity index is 1.37. The third-order valence-electron chi connectivity index (χ3n) is 5.81. The number of nitrogens with zero attached hydrogens (tertiary/aromatic N) is 2. The van der Waals surface area contributed by atoms with Gasteiger partial charge in [0, 0.05) is 33.2 Å². The monoisotopic (exact) mass is 440 g/mol. The third kappa shape index (κ3) is 5.13. The molecule has 2 amide bonds. The maximum absolute atomic E-state index is 12.9. The Morgan fingerprint density at radius 3 is 2.53 bits per heavy atom. The van der Waals surface area contributed by atoms with Gasteiger partial charge in [-0.1, -0.05) is 18.2 Å². The van der Waals surface area contributed by atoms with Crippen LogP contribution in [0.15, 0.2) is 42.5 Å². The van der Waals surface area contributed by atoms with Crippen molar-refractivity contribution in [2.24, 2.45) is 0 Å². The number of hydrogen-bond donors (Lipinski definition) is 0. The first-order chi connectivity index (χ1) is 15.6. The average Bonchev–Trinajstić information content (AvgIpc) is 3.22. The van der Waals surface area contributed by atoms with E-state index in [1.807, 2.05) is 42.5 Å². The maximum Gasteiger partial charge on any atom is 0.242 e. The summed E-state index contributed by atoms with van der Waals surface area (Å²) in [4.78, 5) is 29.2. The first-order valence-corrected chi connectivity index (χ1v) is 10.7. The molecule has 2 aromatic carbocycles. The second-order valence-electron chi connectivity index (χ2n) is 7.94. The first-order valence-electron chi connectivity index (χ1n) is 10.7. The molecule has 0 aliphatic carbocycles. The molecule has 8 heteroatoms. The first kappa shape index (κ1) is 22.0. The predicted molar refractivity (Wildman–Crippen MR) is 117 cm³/mol. The van der Waals surface area contributed by atoms with E-state index in [4.69, 9.17) is 18.9 Å². The number of aryl methyl sites for hydroxylation is 1. The molecule has 2 heterocycles. The molecule has 2 aliphatic rings. The zero-order valence-electron chi connectivity index (χ0n) is 18.4. The van der Waals surface area contributed by atoms with Crippen molar-refractivity contribution in [1.29, 1.82) is 0 Å². The van der Waals surface area contributed by atoms with Crippen LogP contribution in [0, 0.1) is 0 Å². The van der Waals surface area contributed by atoms with E-state index in [1.165, 1.54) is 0 Å². The zero-order chi connectivity index (χ0) is 22.5. The van der Waals surface area contributed by atoms with E-state index in [-0.39, 0.29) is 31.3 Å². The number of benzene rings is 2. The summed E-state index contributed by atoms with van der Waals surface area (Å²) in [5.74, 6) is 2.04. The van der Waals surface area contributed by atoms with E-state index in [1.54, 1.807) is 24.0 Å². The summed E-state index contributed by atoms with van der Waals surface area (Å²) in [5, 5.41) is 0. The van der Waals surface area contributed by atoms with E-state index in [0.717, 1.165) is 22.6 Å². The van der Waals surface area contributed by atoms with Gasteiger partial charge in [-0.05, 0) is 41.8 Å². The molecule has 0 radical (unpaired) electrons. The van der Waals surface area contributed by atoms with E-state index >= 15 is 0 Å². The summed E-state index contributed by atoms with van der Waals surface area (Å²) in [6.45, 7) is 1.56. The minimum absolute atomic E-state index is 0.0516. The molecule has 0 N–H and O–H groups in total. The fourth-order valence-corrected chi connectivity index (χ4v) is 3.93. The molecule has 0 saturated carbocycles. The van der Waals surface area contributed by atoms with Gasteiger partial charge in [0.15, 0.2) is 11.5 Å². The predicted octanol–water partition coefficient (Wildman–Crippen LogP) is 2.24. The summed E-state index contributed by atoms with van der Waals surface area (Å²) in [6.07, 6.45) is 0.629. The van der Waals surface area contributed by atoms with Crippen molar-refractivity contribution in [3.63, 3.8) is 0 Å². The summed E-state index contributed by atoms with van der Waals surface area (Å²) < 4.78 is 21.5. The van der Waals surface area contributed by atoms with Gasteiger partial charge in [-0.25, -0.2) is 0 Å². The van der Waals surface area contributed by atoms with E-state index in [2.05, 4.69) is 0 Å². The maximum atomic E-state index is 12.9. The summed E-state index contributed by atoms with van der Waals surface area (Å²) in [6, 6.07) is 13.3. The van der Waals surface area contributed by atoms with E-state index in [9.17, 15) is 9.59 Å². The number of rotatable bonds is 7. The molecule has 0 bridgehead atoms. The fraction of sp³-hybridized carbons (Fsp3) is 0.417. The normalized spacial score (nSPS) is 17.9. The van der Waals surface area contributed by atoms with Crippen LogP contribution in [0.25, 0.3) is 0 Å². The summed E-state index contributed by atoms with van der Waals surface area (Å²) in [7, 11) is 3.23. The highest BCUT2D eigenvalue weighted by Gasteiger charge is 2.30. The standard InChI is InChI=1S/C24H28N2O6/c1-29-19-7-3-18(4-8-19)12-25-13-20(30-2)14-26(15-24(25)28)23(27)10-6-17-5-9-21-22(11-17)32-16-31-21/h3-5,7-9,11,20H,6,10,12-16H2,1-2H3. The number of amides is 2. The van der Waals surface area contributed by atoms with Gasteiger partial charge in [0.25, 0.3) is 0 Å². The molecule has 2 aliphatic heterocycles. The van der Waals surface area contributed by atoms with Gasteiger partial charge in [-0.3, -0.25) is 9.59 Å². The van der Waals surface area contributed by atoms with Crippen molar-refractivity contribution < 1.29 is 28.5 Å². The Labute approximate surface area is 187 Å². The van der Waals surface area contributed by atoms with Crippen LogP contribution in [0.1, 0.15) is 17.5 Å². The average molecular weight is 440 g/mol. The van der Waals surface area contributed by atoms with Crippen LogP contribution in [0.2, 0.25) is 0 Å². The molecule has 170 valence electrons. The highest BCUT2D eigenvalue weighted by atomic mass is 16.7. The smallest absolute Gasteiger partial charge is 0.242 e. The van der Waals surface area contributed by atoms with Crippen LogP contribution in [0.3, 0.4) is 0 Å². The lowest BCUT2D eigenvalue weighted by Crippen LogP contribution is -2.39. The lowest BCUT2D eigenvalue weighted by molar-refractivity contribution is -0.139. The van der Waals surface area contributed by atoms with Gasteiger partial charge in [-0.2, -0.15) is 0 Å². The van der Waals surface area contributed by atoms with Crippen LogP contribution in [-0.2, 0) is 27.3 Å². The Kier molecular flexibility index (Phi) is 6.80. The number of methoxy groups -OCH3 is 2. The molecule has 2 aromatic rings. The molecule has 1 unspecified atom stereocenters. The van der Waals surface area contributed by atoms with Crippen LogP contribution >= 0.6 is 0 Å². The minimum atomic E-state index is -0.241. The van der Waals surface area contributed by atoms with Crippen molar-refractivity contribution in [2.45, 2.75) is 25.5 Å². The highest BCUT2D eigenvalue weighted by molar-refractivity contribution is 5.85. The number of carbonyl (C=O) groups is 2. The molecule has 4 rings (SSSR count). The molecule has 1 fully saturated rings. The van der Waals surface area contributed by atoms with Crippen molar-refractivity contribution in [2.75, 3.05) is 40.6 Å². The number of hydrogen-bond acceptors (Lipinski definition) is 6. The SMILES string of the molecule is COc1ccc(CN2CC(OC)CN(C(=O)CCc3ccc4c(c3)OCO4)CC2=O)cc1. The van der Waals surface area contributed by atoms with Crippen LogP contribution in [-0.4, -0.2) is 68.4 Å². The second kappa shape index (κ2) is 9.91. The zero-order valence-corrected chi connectivity index (χ0v) is 18.4. The Hall–Kier alpha value is -3.26. The summed E-state index contributed by atoms with van der Waals surface area (Å²) in [5.41, 5.74) is 1.99. The Morgan fingerprint density at radius 1 is 1.03 bits per heavy atom. The summed E-state index contributed by atoms with van der Waals surface area (Å²) >= 11 is 0. The van der Waals surface area contributed by atoms with Gasteiger partial charge < -0.3 is 28.7 Å². The van der Waals surface area contributed by atoms with Gasteiger partial charge >= 0.3 is 0 Å². The molecule has 0 aromatic heterocycles. The van der Waals surface area contributed by atoms with Crippen molar-refractivity contribution in [3.8, 4) is 17.2 Å². The lowest BCUT2D eigenvalue weighted by atomic mass is 10.1. The van der Waals surface area contributed by atoms with Crippen LogP contribution in [0.5, 0.6) is 17.2 Å². The third-order valence-corrected chi connectivity index (χ3v) is 5.81. The van der Waals surface area contributed by atoms with Gasteiger partial charge in [-0.15, -0.1) is 0 Å². The fourth-order valence-electron chi connectivity index (χ4n) is 3.93. The van der Waals surface area contributed by atoms with Gasteiger partial charge in [0.1, 0.15) is 5.75 Å². The lowest BCUT2D eigenvalue weighted by Gasteiger charge is -2.23. The van der Waals surface area contributed by atoms with Gasteiger partial charge in [0.2, 0.25) is 18.6 Å². The highest BCUT2D eigenvalue weighted by Crippen LogP contribution is 2.32. The van der Waals surface area contributed by atoms with E-state index < -0.39 is 0 Å². The number of fused-ring (bicyclic) bond motifs is 1. The molecule has 0 spiro atoms. The molecule has 1 atom stereocenters. The number of carbonyl (C=O) groups excluding carboxylic acids is 2. The second-order valence-corrected chi connectivity index (χ2v) is 7.94. The van der Waals surface area contributed by atoms with E-state index in [0.29, 0.717) is 38.2 Å². The molecule has 1 saturated heterocycles. The van der Waals surface area contributed by atoms with Crippen molar-refractivity contribution >= 4 is 11.8 Å². The quantitative estimate of drug-likeness (QED) is 0.657. The van der Waals surface area contributed by atoms with Gasteiger partial charge in [0.05, 0.1) is 19.8 Å². The molecular formula is C24H28N2O6. The topological polar surface area (TPSA) is 77.5 Å². The largest absolute Gasteiger partial charge is 0.497 e. The Morgan fingerprint density at radius 2 is 1.78 bits per heavy atom.